The molecule has 1 saturated heterocycles. The summed E-state index contributed by atoms with van der Waals surface area (Å²) >= 11 is 0. The van der Waals surface area contributed by atoms with Crippen molar-refractivity contribution >= 4 is 10.9 Å². The first kappa shape index (κ1) is 17.8. The molecular formula is C20H21FN4O2. The van der Waals surface area contributed by atoms with E-state index in [1.54, 1.807) is 24.7 Å². The van der Waals surface area contributed by atoms with Gasteiger partial charge >= 0.3 is 0 Å². The highest BCUT2D eigenvalue weighted by Crippen LogP contribution is 2.28. The van der Waals surface area contributed by atoms with Crippen molar-refractivity contribution < 1.29 is 14.2 Å². The molecule has 140 valence electrons. The van der Waals surface area contributed by atoms with Crippen molar-refractivity contribution in [3.63, 3.8) is 0 Å². The van der Waals surface area contributed by atoms with Gasteiger partial charge in [-0.1, -0.05) is 0 Å². The number of aliphatic hydroxyl groups is 1. The summed E-state index contributed by atoms with van der Waals surface area (Å²) < 4.78 is 19.7. The molecule has 0 amide bonds. The van der Waals surface area contributed by atoms with E-state index in [0.29, 0.717) is 35.4 Å². The van der Waals surface area contributed by atoms with Gasteiger partial charge < -0.3 is 9.84 Å². The van der Waals surface area contributed by atoms with E-state index in [4.69, 9.17) is 4.74 Å². The molecule has 3 aromatic rings. The maximum absolute atomic E-state index is 13.8. The molecule has 0 radical (unpaired) electrons. The van der Waals surface area contributed by atoms with Crippen LogP contribution in [0.4, 0.5) is 4.39 Å². The average Bonchev–Trinajstić information content (AvgIpc) is 2.67. The number of fused-ring (bicyclic) bond motifs is 1. The number of rotatable bonds is 5. The molecule has 6 nitrogen and oxygen atoms in total. The third kappa shape index (κ3) is 4.37. The molecule has 1 aliphatic heterocycles. The highest BCUT2D eigenvalue weighted by Gasteiger charge is 2.19. The summed E-state index contributed by atoms with van der Waals surface area (Å²) in [5, 5.41) is 10.5. The van der Waals surface area contributed by atoms with E-state index in [2.05, 4.69) is 19.9 Å². The van der Waals surface area contributed by atoms with Crippen LogP contribution in [0.25, 0.3) is 10.9 Å². The molecule has 0 spiro atoms. The molecule has 1 aliphatic rings. The molecule has 3 heterocycles. The zero-order valence-electron chi connectivity index (χ0n) is 14.9. The molecule has 0 saturated carbocycles. The highest BCUT2D eigenvalue weighted by molar-refractivity contribution is 5.85. The number of aliphatic hydroxyl groups excluding tert-OH is 1. The van der Waals surface area contributed by atoms with Gasteiger partial charge in [-0.2, -0.15) is 0 Å². The molecule has 1 aromatic carbocycles. The molecule has 1 fully saturated rings. The minimum absolute atomic E-state index is 0.241. The van der Waals surface area contributed by atoms with Gasteiger partial charge in [-0.25, -0.2) is 4.39 Å². The smallest absolute Gasteiger partial charge is 0.132 e. The number of likely N-dealkylation sites (tertiary alicyclic amines) is 1. The number of halogens is 1. The predicted molar refractivity (Wildman–Crippen MR) is 98.6 cm³/mol. The molecule has 1 N–H and O–H groups in total. The van der Waals surface area contributed by atoms with E-state index in [0.717, 1.165) is 25.1 Å². The number of piperidine rings is 1. The quantitative estimate of drug-likeness (QED) is 0.747. The summed E-state index contributed by atoms with van der Waals surface area (Å²) in [6, 6.07) is 6.34. The van der Waals surface area contributed by atoms with E-state index < -0.39 is 0 Å². The summed E-state index contributed by atoms with van der Waals surface area (Å²) in [5.41, 5.74) is 2.21. The average molecular weight is 368 g/mol. The summed E-state index contributed by atoms with van der Waals surface area (Å²) in [5.74, 6) is 0.235. The zero-order chi connectivity index (χ0) is 18.6. The number of aromatic nitrogens is 3. The highest BCUT2D eigenvalue weighted by atomic mass is 19.1. The summed E-state index contributed by atoms with van der Waals surface area (Å²) in [6.07, 6.45) is 6.37. The Morgan fingerprint density at radius 1 is 1.22 bits per heavy atom. The molecule has 7 heteroatoms. The molecule has 1 unspecified atom stereocenters. The standard InChI is InChI=1S/C20H21FN4O2/c21-14-3-4-19-18(8-14)20(27-13-16-10-22-5-6-23-16)9-15(24-19)11-25-7-1-2-17(26)12-25/h3-6,8-10,17,26H,1-2,7,11-13H2. The zero-order valence-corrected chi connectivity index (χ0v) is 14.9. The Hall–Kier alpha value is -2.64. The van der Waals surface area contributed by atoms with Crippen molar-refractivity contribution in [2.75, 3.05) is 13.1 Å². The summed E-state index contributed by atoms with van der Waals surface area (Å²) in [7, 11) is 0. The van der Waals surface area contributed by atoms with Gasteiger partial charge in [0.1, 0.15) is 18.2 Å². The van der Waals surface area contributed by atoms with Crippen molar-refractivity contribution in [1.29, 1.82) is 0 Å². The van der Waals surface area contributed by atoms with E-state index in [1.165, 1.54) is 12.1 Å². The van der Waals surface area contributed by atoms with Crippen LogP contribution < -0.4 is 4.74 Å². The van der Waals surface area contributed by atoms with Gasteiger partial charge in [-0.15, -0.1) is 0 Å². The SMILES string of the molecule is OC1CCCN(Cc2cc(OCc3cnccn3)c3cc(F)ccc3n2)C1. The van der Waals surface area contributed by atoms with E-state index in [9.17, 15) is 9.50 Å². The number of nitrogens with zero attached hydrogens (tertiary/aromatic N) is 4. The van der Waals surface area contributed by atoms with E-state index >= 15 is 0 Å². The third-order valence-electron chi connectivity index (χ3n) is 4.64. The first-order valence-electron chi connectivity index (χ1n) is 9.05. The Bertz CT molecular complexity index is 923. The van der Waals surface area contributed by atoms with Gasteiger partial charge in [0.2, 0.25) is 0 Å². The van der Waals surface area contributed by atoms with Crippen LogP contribution in [0.2, 0.25) is 0 Å². The number of ether oxygens (including phenoxy) is 1. The number of β-amino-alcohol motifs (C(OH)–C–C–N with tert-alkyl or cyclic N) is 1. The summed E-state index contributed by atoms with van der Waals surface area (Å²) in [6.45, 7) is 2.42. The van der Waals surface area contributed by atoms with Gasteiger partial charge in [0, 0.05) is 36.9 Å². The molecular weight excluding hydrogens is 347 g/mol. The lowest BCUT2D eigenvalue weighted by molar-refractivity contribution is 0.0662. The minimum Gasteiger partial charge on any atom is -0.486 e. The first-order valence-corrected chi connectivity index (χ1v) is 9.05. The molecule has 4 rings (SSSR count). The number of benzene rings is 1. The van der Waals surface area contributed by atoms with Crippen LogP contribution in [0.5, 0.6) is 5.75 Å². The van der Waals surface area contributed by atoms with Crippen molar-refractivity contribution in [2.24, 2.45) is 0 Å². The van der Waals surface area contributed by atoms with Crippen molar-refractivity contribution in [3.05, 3.63) is 60.1 Å². The van der Waals surface area contributed by atoms with Crippen molar-refractivity contribution in [3.8, 4) is 5.75 Å². The lowest BCUT2D eigenvalue weighted by Crippen LogP contribution is -2.37. The minimum atomic E-state index is -0.333. The molecule has 0 aliphatic carbocycles. The number of hydrogen-bond donors (Lipinski definition) is 1. The monoisotopic (exact) mass is 368 g/mol. The van der Waals surface area contributed by atoms with Crippen LogP contribution >= 0.6 is 0 Å². The van der Waals surface area contributed by atoms with Crippen LogP contribution in [-0.2, 0) is 13.2 Å². The van der Waals surface area contributed by atoms with Crippen LogP contribution in [-0.4, -0.2) is 44.2 Å². The second-order valence-electron chi connectivity index (χ2n) is 6.79. The van der Waals surface area contributed by atoms with Crippen LogP contribution in [0, 0.1) is 5.82 Å². The van der Waals surface area contributed by atoms with Crippen LogP contribution in [0.1, 0.15) is 24.2 Å². The maximum Gasteiger partial charge on any atom is 0.132 e. The van der Waals surface area contributed by atoms with Gasteiger partial charge in [0.25, 0.3) is 0 Å². The predicted octanol–water partition coefficient (Wildman–Crippen LogP) is 2.70. The van der Waals surface area contributed by atoms with Gasteiger partial charge in [-0.05, 0) is 37.6 Å². The fourth-order valence-electron chi connectivity index (χ4n) is 3.38. The number of hydrogen-bond acceptors (Lipinski definition) is 6. The normalized spacial score (nSPS) is 17.9. The first-order chi connectivity index (χ1) is 13.2. The topological polar surface area (TPSA) is 71.4 Å². The molecule has 0 bridgehead atoms. The number of pyridine rings is 1. The Morgan fingerprint density at radius 3 is 2.96 bits per heavy atom. The molecule has 27 heavy (non-hydrogen) atoms. The Labute approximate surface area is 156 Å². The molecule has 1 atom stereocenters. The van der Waals surface area contributed by atoms with Crippen LogP contribution in [0.3, 0.4) is 0 Å². The third-order valence-corrected chi connectivity index (χ3v) is 4.64. The van der Waals surface area contributed by atoms with Gasteiger partial charge in [0.05, 0.1) is 29.2 Å². The van der Waals surface area contributed by atoms with Gasteiger partial charge in [-0.3, -0.25) is 19.9 Å². The second kappa shape index (κ2) is 7.94. The lowest BCUT2D eigenvalue weighted by atomic mass is 10.1. The fourth-order valence-corrected chi connectivity index (χ4v) is 3.38. The lowest BCUT2D eigenvalue weighted by Gasteiger charge is -2.29. The maximum atomic E-state index is 13.8. The largest absolute Gasteiger partial charge is 0.486 e. The second-order valence-corrected chi connectivity index (χ2v) is 6.79. The van der Waals surface area contributed by atoms with Gasteiger partial charge in [0.15, 0.2) is 0 Å². The van der Waals surface area contributed by atoms with E-state index in [-0.39, 0.29) is 18.5 Å². The van der Waals surface area contributed by atoms with E-state index in [1.807, 2.05) is 6.07 Å². The molecule has 2 aromatic heterocycles. The van der Waals surface area contributed by atoms with Crippen molar-refractivity contribution in [1.82, 2.24) is 19.9 Å². The Kier molecular flexibility index (Phi) is 5.22. The van der Waals surface area contributed by atoms with Crippen molar-refractivity contribution in [2.45, 2.75) is 32.1 Å². The Morgan fingerprint density at radius 2 is 2.15 bits per heavy atom. The van der Waals surface area contributed by atoms with Crippen LogP contribution in [0.15, 0.2) is 42.9 Å². The summed E-state index contributed by atoms with van der Waals surface area (Å²) in [4.78, 5) is 15.1. The Balaban J connectivity index is 1.61. The fraction of sp³-hybridized carbons (Fsp3) is 0.350.